The summed E-state index contributed by atoms with van der Waals surface area (Å²) in [5.41, 5.74) is 1.64. The SMILES string of the molecule is CC(C)(C)C(=O)c1ccc(CCc2nc(CC3CC4CCC3C4)nc(NCC3CCCCC3)n2)cc1. The van der Waals surface area contributed by atoms with Crippen LogP contribution in [0.15, 0.2) is 24.3 Å². The number of fused-ring (bicyclic) bond motifs is 2. The summed E-state index contributed by atoms with van der Waals surface area (Å²) in [4.78, 5) is 27.3. The van der Waals surface area contributed by atoms with Gasteiger partial charge in [0.05, 0.1) is 0 Å². The van der Waals surface area contributed by atoms with Gasteiger partial charge >= 0.3 is 0 Å². The minimum atomic E-state index is -0.358. The van der Waals surface area contributed by atoms with E-state index in [0.29, 0.717) is 0 Å². The summed E-state index contributed by atoms with van der Waals surface area (Å²) >= 11 is 0. The van der Waals surface area contributed by atoms with Gasteiger partial charge < -0.3 is 5.32 Å². The second kappa shape index (κ2) is 11.0. The van der Waals surface area contributed by atoms with E-state index in [4.69, 9.17) is 15.0 Å². The number of Topliss-reactive ketones (excluding diaryl/α,β-unsaturated/α-hetero) is 1. The third kappa shape index (κ3) is 6.33. The monoisotopic (exact) mass is 488 g/mol. The normalized spacial score (nSPS) is 24.2. The smallest absolute Gasteiger partial charge is 0.226 e. The lowest BCUT2D eigenvalue weighted by Gasteiger charge is -2.22. The predicted octanol–water partition coefficient (Wildman–Crippen LogP) is 6.86. The van der Waals surface area contributed by atoms with Gasteiger partial charge in [-0.15, -0.1) is 0 Å². The molecule has 5 rings (SSSR count). The molecule has 0 spiro atoms. The van der Waals surface area contributed by atoms with Crippen LogP contribution in [0.4, 0.5) is 5.95 Å². The molecule has 2 aromatic rings. The first-order chi connectivity index (χ1) is 17.3. The first-order valence-electron chi connectivity index (χ1n) is 14.4. The van der Waals surface area contributed by atoms with Gasteiger partial charge in [0.25, 0.3) is 0 Å². The van der Waals surface area contributed by atoms with Crippen molar-refractivity contribution in [3.8, 4) is 0 Å². The molecule has 36 heavy (non-hydrogen) atoms. The molecule has 3 aliphatic carbocycles. The molecule has 1 aromatic heterocycles. The summed E-state index contributed by atoms with van der Waals surface area (Å²) in [6.07, 6.45) is 15.0. The van der Waals surface area contributed by atoms with Crippen LogP contribution in [0.2, 0.25) is 0 Å². The van der Waals surface area contributed by atoms with Gasteiger partial charge in [-0.05, 0) is 67.8 Å². The van der Waals surface area contributed by atoms with E-state index >= 15 is 0 Å². The Morgan fingerprint density at radius 2 is 1.64 bits per heavy atom. The highest BCUT2D eigenvalue weighted by Crippen LogP contribution is 2.49. The number of aryl methyl sites for hydroxylation is 2. The second-order valence-electron chi connectivity index (χ2n) is 12.8. The highest BCUT2D eigenvalue weighted by atomic mass is 16.1. The van der Waals surface area contributed by atoms with Crippen LogP contribution in [-0.2, 0) is 19.3 Å². The van der Waals surface area contributed by atoms with Crippen molar-refractivity contribution in [1.29, 1.82) is 0 Å². The van der Waals surface area contributed by atoms with Crippen molar-refractivity contribution in [3.63, 3.8) is 0 Å². The van der Waals surface area contributed by atoms with Crippen molar-refractivity contribution in [1.82, 2.24) is 15.0 Å². The van der Waals surface area contributed by atoms with Crippen molar-refractivity contribution in [2.75, 3.05) is 11.9 Å². The molecule has 3 unspecified atom stereocenters. The number of carbonyl (C=O) groups is 1. The lowest BCUT2D eigenvalue weighted by atomic mass is 9.86. The van der Waals surface area contributed by atoms with E-state index in [2.05, 4.69) is 17.4 Å². The Morgan fingerprint density at radius 3 is 2.31 bits per heavy atom. The van der Waals surface area contributed by atoms with Crippen LogP contribution in [0.3, 0.4) is 0 Å². The van der Waals surface area contributed by atoms with Crippen molar-refractivity contribution in [3.05, 3.63) is 47.0 Å². The first-order valence-corrected chi connectivity index (χ1v) is 14.4. The van der Waals surface area contributed by atoms with Crippen molar-refractivity contribution < 1.29 is 4.79 Å². The quantitative estimate of drug-likeness (QED) is 0.391. The molecule has 3 fully saturated rings. The fraction of sp³-hybridized carbons (Fsp3) is 0.677. The topological polar surface area (TPSA) is 67.8 Å². The first kappa shape index (κ1) is 25.4. The highest BCUT2D eigenvalue weighted by molar-refractivity contribution is 5.99. The Hall–Kier alpha value is -2.30. The van der Waals surface area contributed by atoms with Crippen LogP contribution in [0, 0.1) is 29.1 Å². The summed E-state index contributed by atoms with van der Waals surface area (Å²) in [5, 5.41) is 3.59. The van der Waals surface area contributed by atoms with E-state index in [1.165, 1.54) is 63.4 Å². The molecular formula is C31H44N4O. The molecule has 0 amide bonds. The summed E-state index contributed by atoms with van der Waals surface area (Å²) in [6, 6.07) is 8.10. The van der Waals surface area contributed by atoms with Gasteiger partial charge in [0.1, 0.15) is 11.6 Å². The largest absolute Gasteiger partial charge is 0.354 e. The molecule has 0 radical (unpaired) electrons. The minimum absolute atomic E-state index is 0.186. The number of hydrogen-bond acceptors (Lipinski definition) is 5. The Morgan fingerprint density at radius 1 is 0.889 bits per heavy atom. The Balaban J connectivity index is 1.26. The number of ketones is 1. The summed E-state index contributed by atoms with van der Waals surface area (Å²) < 4.78 is 0. The molecule has 3 aliphatic rings. The van der Waals surface area contributed by atoms with Gasteiger partial charge in [-0.1, -0.05) is 70.7 Å². The summed E-state index contributed by atoms with van der Waals surface area (Å²) in [7, 11) is 0. The molecule has 3 atom stereocenters. The minimum Gasteiger partial charge on any atom is -0.354 e. The molecule has 3 saturated carbocycles. The van der Waals surface area contributed by atoms with E-state index in [1.54, 1.807) is 0 Å². The predicted molar refractivity (Wildman–Crippen MR) is 145 cm³/mol. The lowest BCUT2D eigenvalue weighted by molar-refractivity contribution is 0.0858. The molecule has 5 heteroatoms. The molecular weight excluding hydrogens is 444 g/mol. The fourth-order valence-electron chi connectivity index (χ4n) is 6.75. The van der Waals surface area contributed by atoms with Crippen LogP contribution < -0.4 is 5.32 Å². The number of hydrogen-bond donors (Lipinski definition) is 1. The maximum atomic E-state index is 12.6. The molecule has 1 N–H and O–H groups in total. The zero-order valence-electron chi connectivity index (χ0n) is 22.6. The lowest BCUT2D eigenvalue weighted by Crippen LogP contribution is -2.21. The van der Waals surface area contributed by atoms with Crippen LogP contribution in [0.25, 0.3) is 0 Å². The maximum absolute atomic E-state index is 12.6. The van der Waals surface area contributed by atoms with E-state index in [-0.39, 0.29) is 11.2 Å². The van der Waals surface area contributed by atoms with Gasteiger partial charge in [-0.25, -0.2) is 4.98 Å². The van der Waals surface area contributed by atoms with Crippen LogP contribution in [-0.4, -0.2) is 27.3 Å². The summed E-state index contributed by atoms with van der Waals surface area (Å²) in [5.74, 6) is 6.14. The molecule has 1 aromatic carbocycles. The zero-order chi connectivity index (χ0) is 25.1. The number of nitrogens with zero attached hydrogens (tertiary/aromatic N) is 3. The molecule has 0 aliphatic heterocycles. The van der Waals surface area contributed by atoms with Gasteiger partial charge in [0.2, 0.25) is 5.95 Å². The van der Waals surface area contributed by atoms with Gasteiger partial charge in [-0.2, -0.15) is 9.97 Å². The average molecular weight is 489 g/mol. The third-order valence-corrected chi connectivity index (χ3v) is 8.87. The van der Waals surface area contributed by atoms with Crippen molar-refractivity contribution in [2.24, 2.45) is 29.1 Å². The number of aromatic nitrogens is 3. The number of nitrogens with one attached hydrogen (secondary N) is 1. The van der Waals surface area contributed by atoms with Crippen LogP contribution >= 0.6 is 0 Å². The third-order valence-electron chi connectivity index (χ3n) is 8.87. The number of benzene rings is 1. The fourth-order valence-corrected chi connectivity index (χ4v) is 6.75. The molecule has 194 valence electrons. The van der Waals surface area contributed by atoms with Crippen molar-refractivity contribution >= 4 is 11.7 Å². The molecule has 2 bridgehead atoms. The van der Waals surface area contributed by atoms with E-state index in [0.717, 1.165) is 72.6 Å². The highest BCUT2D eigenvalue weighted by Gasteiger charge is 2.39. The number of carbonyl (C=O) groups excluding carboxylic acids is 1. The van der Waals surface area contributed by atoms with Gasteiger partial charge in [0.15, 0.2) is 5.78 Å². The van der Waals surface area contributed by atoms with Crippen molar-refractivity contribution in [2.45, 2.75) is 97.8 Å². The van der Waals surface area contributed by atoms with Crippen LogP contribution in [0.5, 0.6) is 0 Å². The number of anilines is 1. The standard InChI is InChI=1S/C31H44N4O/c1-31(2,3)29(36)24-13-9-21(10-14-24)12-16-27-33-28(19-26-18-23-11-15-25(26)17-23)35-30(34-27)32-20-22-7-5-4-6-8-22/h9-10,13-14,22-23,25-26H,4-8,11-12,15-20H2,1-3H3,(H,32,33,34,35). The Bertz CT molecular complexity index is 1040. The second-order valence-corrected chi connectivity index (χ2v) is 12.8. The van der Waals surface area contributed by atoms with E-state index in [1.807, 2.05) is 32.9 Å². The summed E-state index contributed by atoms with van der Waals surface area (Å²) in [6.45, 7) is 6.88. The van der Waals surface area contributed by atoms with Gasteiger partial charge in [0, 0.05) is 30.4 Å². The zero-order valence-corrected chi connectivity index (χ0v) is 22.6. The molecule has 1 heterocycles. The van der Waals surface area contributed by atoms with E-state index in [9.17, 15) is 4.79 Å². The Labute approximate surface area is 217 Å². The van der Waals surface area contributed by atoms with Gasteiger partial charge in [-0.3, -0.25) is 4.79 Å². The molecule has 5 nitrogen and oxygen atoms in total. The van der Waals surface area contributed by atoms with E-state index < -0.39 is 0 Å². The van der Waals surface area contributed by atoms with Crippen LogP contribution in [0.1, 0.15) is 106 Å². The number of rotatable bonds is 9. The average Bonchev–Trinajstić information content (AvgIpc) is 3.50. The Kier molecular flexibility index (Phi) is 7.73. The molecule has 0 saturated heterocycles. The maximum Gasteiger partial charge on any atom is 0.226 e.